The van der Waals surface area contributed by atoms with Crippen molar-refractivity contribution in [2.24, 2.45) is 5.92 Å². The fraction of sp³-hybridized carbons (Fsp3) is 0.412. The summed E-state index contributed by atoms with van der Waals surface area (Å²) in [7, 11) is 0. The van der Waals surface area contributed by atoms with Crippen LogP contribution in [0.15, 0.2) is 24.3 Å². The molecule has 4 nitrogen and oxygen atoms in total. The second kappa shape index (κ2) is 7.55. The maximum absolute atomic E-state index is 13.0. The standard InChI is InChI=1S/C17H23FN4S/c1-11(2)9-19-17(23)20-16-12(3)21-22(13(16)4)10-14-5-7-15(18)8-6-14/h5-8,11H,9-10H2,1-4H3,(H2,19,20,23). The molecule has 2 rings (SSSR count). The number of halogens is 1. The number of rotatable bonds is 5. The predicted molar refractivity (Wildman–Crippen MR) is 96.3 cm³/mol. The number of benzene rings is 1. The summed E-state index contributed by atoms with van der Waals surface area (Å²) in [5.41, 5.74) is 3.82. The Morgan fingerprint density at radius 1 is 1.26 bits per heavy atom. The summed E-state index contributed by atoms with van der Waals surface area (Å²) in [4.78, 5) is 0. The molecular formula is C17H23FN4S. The number of thiocarbonyl (C=S) groups is 1. The highest BCUT2D eigenvalue weighted by atomic mass is 32.1. The molecule has 0 atom stereocenters. The highest BCUT2D eigenvalue weighted by Crippen LogP contribution is 2.20. The first-order valence-electron chi connectivity index (χ1n) is 7.70. The Labute approximate surface area is 142 Å². The van der Waals surface area contributed by atoms with E-state index in [1.165, 1.54) is 12.1 Å². The zero-order valence-corrected chi connectivity index (χ0v) is 14.8. The van der Waals surface area contributed by atoms with E-state index in [1.54, 1.807) is 12.1 Å². The van der Waals surface area contributed by atoms with Gasteiger partial charge in [-0.15, -0.1) is 0 Å². The minimum absolute atomic E-state index is 0.231. The Morgan fingerprint density at radius 2 is 1.91 bits per heavy atom. The predicted octanol–water partition coefficient (Wildman–Crippen LogP) is 3.63. The molecule has 23 heavy (non-hydrogen) atoms. The first-order valence-corrected chi connectivity index (χ1v) is 8.11. The van der Waals surface area contributed by atoms with E-state index in [1.807, 2.05) is 18.5 Å². The molecule has 1 aromatic carbocycles. The normalized spacial score (nSPS) is 10.9. The lowest BCUT2D eigenvalue weighted by molar-refractivity contribution is 0.622. The molecule has 0 fully saturated rings. The van der Waals surface area contributed by atoms with Crippen molar-refractivity contribution in [3.8, 4) is 0 Å². The van der Waals surface area contributed by atoms with Crippen molar-refractivity contribution in [3.63, 3.8) is 0 Å². The fourth-order valence-corrected chi connectivity index (χ4v) is 2.43. The molecular weight excluding hydrogens is 311 g/mol. The van der Waals surface area contributed by atoms with Gasteiger partial charge in [0, 0.05) is 6.54 Å². The van der Waals surface area contributed by atoms with E-state index in [2.05, 4.69) is 29.6 Å². The van der Waals surface area contributed by atoms with Crippen LogP contribution >= 0.6 is 12.2 Å². The highest BCUT2D eigenvalue weighted by molar-refractivity contribution is 7.80. The number of aromatic nitrogens is 2. The molecule has 0 aliphatic carbocycles. The Balaban J connectivity index is 2.09. The van der Waals surface area contributed by atoms with Crippen molar-refractivity contribution in [1.29, 1.82) is 0 Å². The van der Waals surface area contributed by atoms with Crippen molar-refractivity contribution in [1.82, 2.24) is 15.1 Å². The van der Waals surface area contributed by atoms with E-state index in [0.29, 0.717) is 17.6 Å². The van der Waals surface area contributed by atoms with Gasteiger partial charge in [0.25, 0.3) is 0 Å². The van der Waals surface area contributed by atoms with Crippen LogP contribution in [0.1, 0.15) is 30.8 Å². The average Bonchev–Trinajstić information content (AvgIpc) is 2.75. The van der Waals surface area contributed by atoms with Crippen LogP contribution in [0.2, 0.25) is 0 Å². The molecule has 0 spiro atoms. The monoisotopic (exact) mass is 334 g/mol. The third kappa shape index (κ3) is 4.76. The average molecular weight is 334 g/mol. The van der Waals surface area contributed by atoms with E-state index in [4.69, 9.17) is 12.2 Å². The molecule has 6 heteroatoms. The Hall–Kier alpha value is -1.95. The largest absolute Gasteiger partial charge is 0.362 e. The molecule has 0 saturated carbocycles. The van der Waals surface area contributed by atoms with Crippen LogP contribution in [0.5, 0.6) is 0 Å². The minimum Gasteiger partial charge on any atom is -0.362 e. The number of hydrogen-bond donors (Lipinski definition) is 2. The Morgan fingerprint density at radius 3 is 2.52 bits per heavy atom. The summed E-state index contributed by atoms with van der Waals surface area (Å²) in [6, 6.07) is 6.47. The zero-order valence-electron chi connectivity index (χ0n) is 14.0. The number of aryl methyl sites for hydroxylation is 1. The molecule has 1 heterocycles. The second-order valence-electron chi connectivity index (χ2n) is 6.06. The first kappa shape index (κ1) is 17.4. The summed E-state index contributed by atoms with van der Waals surface area (Å²) < 4.78 is 14.9. The smallest absolute Gasteiger partial charge is 0.170 e. The van der Waals surface area contributed by atoms with Gasteiger partial charge in [-0.1, -0.05) is 26.0 Å². The summed E-state index contributed by atoms with van der Waals surface area (Å²) in [6.07, 6.45) is 0. The van der Waals surface area contributed by atoms with Crippen LogP contribution in [-0.2, 0) is 6.54 Å². The van der Waals surface area contributed by atoms with Gasteiger partial charge in [0.05, 0.1) is 23.6 Å². The van der Waals surface area contributed by atoms with Gasteiger partial charge >= 0.3 is 0 Å². The van der Waals surface area contributed by atoms with Crippen LogP contribution < -0.4 is 10.6 Å². The lowest BCUT2D eigenvalue weighted by Gasteiger charge is -2.12. The Kier molecular flexibility index (Phi) is 5.71. The lowest BCUT2D eigenvalue weighted by Crippen LogP contribution is -2.31. The van der Waals surface area contributed by atoms with Gasteiger partial charge < -0.3 is 10.6 Å². The molecule has 2 N–H and O–H groups in total. The van der Waals surface area contributed by atoms with Crippen LogP contribution in [0.3, 0.4) is 0 Å². The van der Waals surface area contributed by atoms with Crippen LogP contribution in [-0.4, -0.2) is 21.4 Å². The molecule has 1 aromatic heterocycles. The van der Waals surface area contributed by atoms with Gasteiger partial charge in [-0.05, 0) is 49.7 Å². The van der Waals surface area contributed by atoms with E-state index in [9.17, 15) is 4.39 Å². The van der Waals surface area contributed by atoms with Crippen LogP contribution in [0.4, 0.5) is 10.1 Å². The van der Waals surface area contributed by atoms with Gasteiger partial charge in [0.2, 0.25) is 0 Å². The maximum Gasteiger partial charge on any atom is 0.170 e. The third-order valence-electron chi connectivity index (χ3n) is 3.54. The number of hydrogen-bond acceptors (Lipinski definition) is 2. The third-order valence-corrected chi connectivity index (χ3v) is 3.78. The SMILES string of the molecule is Cc1nn(Cc2ccc(F)cc2)c(C)c1NC(=S)NCC(C)C. The maximum atomic E-state index is 13.0. The van der Waals surface area contributed by atoms with Gasteiger partial charge in [-0.3, -0.25) is 4.68 Å². The molecule has 0 unspecified atom stereocenters. The van der Waals surface area contributed by atoms with Crippen molar-refractivity contribution in [3.05, 3.63) is 47.0 Å². The van der Waals surface area contributed by atoms with Crippen LogP contribution in [0.25, 0.3) is 0 Å². The Bertz CT molecular complexity index is 677. The zero-order chi connectivity index (χ0) is 17.0. The summed E-state index contributed by atoms with van der Waals surface area (Å²) >= 11 is 5.33. The van der Waals surface area contributed by atoms with E-state index >= 15 is 0 Å². The van der Waals surface area contributed by atoms with E-state index in [-0.39, 0.29) is 5.82 Å². The second-order valence-corrected chi connectivity index (χ2v) is 6.47. The molecule has 2 aromatic rings. The van der Waals surface area contributed by atoms with Crippen molar-refractivity contribution in [2.75, 3.05) is 11.9 Å². The molecule has 124 valence electrons. The number of nitrogens with zero attached hydrogens (tertiary/aromatic N) is 2. The fourth-order valence-electron chi connectivity index (χ4n) is 2.25. The first-order chi connectivity index (χ1) is 10.9. The molecule has 0 aliphatic rings. The molecule has 0 amide bonds. The van der Waals surface area contributed by atoms with E-state index < -0.39 is 0 Å². The van der Waals surface area contributed by atoms with E-state index in [0.717, 1.165) is 29.2 Å². The van der Waals surface area contributed by atoms with Gasteiger partial charge in [0.15, 0.2) is 5.11 Å². The summed E-state index contributed by atoms with van der Waals surface area (Å²) in [5, 5.41) is 11.6. The number of anilines is 1. The molecule has 0 aliphatic heterocycles. The van der Waals surface area contributed by atoms with Crippen molar-refractivity contribution in [2.45, 2.75) is 34.2 Å². The molecule has 0 saturated heterocycles. The summed E-state index contributed by atoms with van der Waals surface area (Å²) in [5.74, 6) is 0.296. The van der Waals surface area contributed by atoms with Crippen LogP contribution in [0, 0.1) is 25.6 Å². The summed E-state index contributed by atoms with van der Waals surface area (Å²) in [6.45, 7) is 9.63. The quantitative estimate of drug-likeness (QED) is 0.820. The minimum atomic E-state index is -0.231. The van der Waals surface area contributed by atoms with Gasteiger partial charge in [-0.25, -0.2) is 4.39 Å². The lowest BCUT2D eigenvalue weighted by atomic mass is 10.2. The topological polar surface area (TPSA) is 41.9 Å². The van der Waals surface area contributed by atoms with Gasteiger partial charge in [-0.2, -0.15) is 5.10 Å². The molecule has 0 bridgehead atoms. The van der Waals surface area contributed by atoms with Gasteiger partial charge in [0.1, 0.15) is 5.82 Å². The van der Waals surface area contributed by atoms with Crippen molar-refractivity contribution < 1.29 is 4.39 Å². The highest BCUT2D eigenvalue weighted by Gasteiger charge is 2.13. The number of nitrogens with one attached hydrogen (secondary N) is 2. The van der Waals surface area contributed by atoms with Crippen molar-refractivity contribution >= 4 is 23.0 Å². The molecule has 0 radical (unpaired) electrons.